The minimum atomic E-state index is 0.630. The Morgan fingerprint density at radius 1 is 1.36 bits per heavy atom. The van der Waals surface area contributed by atoms with Gasteiger partial charge in [0.2, 0.25) is 0 Å². The van der Waals surface area contributed by atoms with Crippen molar-refractivity contribution in [1.82, 2.24) is 4.57 Å². The molecule has 14 heavy (non-hydrogen) atoms. The standard InChI is InChI=1S/C10H10BrClN2/c11-10-6-7-5-8(12)1-2-9(7)14(10)4-3-13/h1-2,5-6H,3-4,13H2. The summed E-state index contributed by atoms with van der Waals surface area (Å²) in [6, 6.07) is 7.91. The molecule has 0 radical (unpaired) electrons. The van der Waals surface area contributed by atoms with E-state index in [0.717, 1.165) is 27.1 Å². The maximum atomic E-state index is 5.91. The zero-order chi connectivity index (χ0) is 10.1. The molecule has 0 amide bonds. The van der Waals surface area contributed by atoms with Gasteiger partial charge in [-0.2, -0.15) is 0 Å². The summed E-state index contributed by atoms with van der Waals surface area (Å²) in [5, 5.41) is 1.90. The summed E-state index contributed by atoms with van der Waals surface area (Å²) in [5.74, 6) is 0. The highest BCUT2D eigenvalue weighted by Crippen LogP contribution is 2.26. The molecule has 2 N–H and O–H groups in total. The summed E-state index contributed by atoms with van der Waals surface area (Å²) in [7, 11) is 0. The molecule has 0 spiro atoms. The summed E-state index contributed by atoms with van der Waals surface area (Å²) in [4.78, 5) is 0. The van der Waals surface area contributed by atoms with Crippen molar-refractivity contribution < 1.29 is 0 Å². The van der Waals surface area contributed by atoms with Crippen molar-refractivity contribution in [3.8, 4) is 0 Å². The SMILES string of the molecule is NCCn1c(Br)cc2cc(Cl)ccc21. The Balaban J connectivity index is 2.64. The molecule has 0 unspecified atom stereocenters. The fraction of sp³-hybridized carbons (Fsp3) is 0.200. The monoisotopic (exact) mass is 272 g/mol. The third kappa shape index (κ3) is 1.67. The Morgan fingerprint density at radius 3 is 2.86 bits per heavy atom. The normalized spacial score (nSPS) is 11.1. The number of hydrogen-bond donors (Lipinski definition) is 1. The van der Waals surface area contributed by atoms with E-state index in [2.05, 4.69) is 26.6 Å². The quantitative estimate of drug-likeness (QED) is 0.896. The average Bonchev–Trinajstić information content (AvgIpc) is 2.43. The second kappa shape index (κ2) is 3.93. The molecule has 2 rings (SSSR count). The van der Waals surface area contributed by atoms with Gasteiger partial charge in [0.1, 0.15) is 0 Å². The lowest BCUT2D eigenvalue weighted by atomic mass is 10.2. The van der Waals surface area contributed by atoms with Gasteiger partial charge >= 0.3 is 0 Å². The van der Waals surface area contributed by atoms with Crippen LogP contribution in [-0.4, -0.2) is 11.1 Å². The number of rotatable bonds is 2. The molecule has 2 nitrogen and oxygen atoms in total. The molecule has 74 valence electrons. The fourth-order valence-electron chi connectivity index (χ4n) is 1.56. The van der Waals surface area contributed by atoms with Crippen LogP contribution in [0, 0.1) is 0 Å². The number of nitrogens with zero attached hydrogens (tertiary/aromatic N) is 1. The molecule has 0 saturated heterocycles. The van der Waals surface area contributed by atoms with Crippen LogP contribution in [0.25, 0.3) is 10.9 Å². The lowest BCUT2D eigenvalue weighted by Gasteiger charge is -2.04. The smallest absolute Gasteiger partial charge is 0.0857 e. The fourth-order valence-corrected chi connectivity index (χ4v) is 2.36. The number of aromatic nitrogens is 1. The lowest BCUT2D eigenvalue weighted by Crippen LogP contribution is -2.09. The number of benzene rings is 1. The molecule has 2 aromatic rings. The van der Waals surface area contributed by atoms with Crippen molar-refractivity contribution in [3.63, 3.8) is 0 Å². The Labute approximate surface area is 95.8 Å². The van der Waals surface area contributed by atoms with Crippen molar-refractivity contribution in [1.29, 1.82) is 0 Å². The maximum Gasteiger partial charge on any atom is 0.0857 e. The summed E-state index contributed by atoms with van der Waals surface area (Å²) in [6.45, 7) is 1.44. The zero-order valence-electron chi connectivity index (χ0n) is 7.50. The second-order valence-corrected chi connectivity index (χ2v) is 4.36. The molecule has 0 atom stereocenters. The number of fused-ring (bicyclic) bond motifs is 1. The van der Waals surface area contributed by atoms with E-state index in [0.29, 0.717) is 6.54 Å². The van der Waals surface area contributed by atoms with E-state index in [1.54, 1.807) is 0 Å². The predicted molar refractivity (Wildman–Crippen MR) is 63.7 cm³/mol. The molecule has 1 heterocycles. The minimum Gasteiger partial charge on any atom is -0.334 e. The van der Waals surface area contributed by atoms with Crippen LogP contribution >= 0.6 is 27.5 Å². The molecule has 0 aliphatic carbocycles. The first-order chi connectivity index (χ1) is 6.72. The third-order valence-electron chi connectivity index (χ3n) is 2.17. The summed E-state index contributed by atoms with van der Waals surface area (Å²) < 4.78 is 3.17. The van der Waals surface area contributed by atoms with Crippen LogP contribution in [0.2, 0.25) is 5.02 Å². The van der Waals surface area contributed by atoms with E-state index in [-0.39, 0.29) is 0 Å². The summed E-state index contributed by atoms with van der Waals surface area (Å²) in [6.07, 6.45) is 0. The zero-order valence-corrected chi connectivity index (χ0v) is 9.85. The Morgan fingerprint density at radius 2 is 2.14 bits per heavy atom. The van der Waals surface area contributed by atoms with E-state index in [4.69, 9.17) is 17.3 Å². The molecule has 0 bridgehead atoms. The molecule has 0 aliphatic rings. The topological polar surface area (TPSA) is 30.9 Å². The van der Waals surface area contributed by atoms with Crippen molar-refractivity contribution in [2.24, 2.45) is 5.73 Å². The van der Waals surface area contributed by atoms with Gasteiger partial charge < -0.3 is 10.3 Å². The first-order valence-electron chi connectivity index (χ1n) is 4.37. The summed E-state index contributed by atoms with van der Waals surface area (Å²) in [5.41, 5.74) is 6.70. The van der Waals surface area contributed by atoms with E-state index >= 15 is 0 Å². The summed E-state index contributed by atoms with van der Waals surface area (Å²) >= 11 is 9.41. The number of hydrogen-bond acceptors (Lipinski definition) is 1. The predicted octanol–water partition coefficient (Wildman–Crippen LogP) is 3.02. The number of nitrogens with two attached hydrogens (primary N) is 1. The van der Waals surface area contributed by atoms with Crippen LogP contribution in [0.1, 0.15) is 0 Å². The maximum absolute atomic E-state index is 5.91. The highest BCUT2D eigenvalue weighted by Gasteiger charge is 2.05. The van der Waals surface area contributed by atoms with Crippen LogP contribution in [0.5, 0.6) is 0 Å². The average molecular weight is 274 g/mol. The molecule has 0 fully saturated rings. The Hall–Kier alpha value is -0.510. The van der Waals surface area contributed by atoms with Gasteiger partial charge in [0.15, 0.2) is 0 Å². The molecule has 1 aromatic carbocycles. The van der Waals surface area contributed by atoms with Gasteiger partial charge in [0.25, 0.3) is 0 Å². The van der Waals surface area contributed by atoms with Crippen LogP contribution < -0.4 is 5.73 Å². The second-order valence-electron chi connectivity index (χ2n) is 3.11. The van der Waals surface area contributed by atoms with Crippen LogP contribution in [-0.2, 0) is 6.54 Å². The van der Waals surface area contributed by atoms with Crippen LogP contribution in [0.15, 0.2) is 28.9 Å². The van der Waals surface area contributed by atoms with Gasteiger partial charge in [0.05, 0.1) is 4.60 Å². The highest BCUT2D eigenvalue weighted by molar-refractivity contribution is 9.10. The van der Waals surface area contributed by atoms with Crippen molar-refractivity contribution in [2.75, 3.05) is 6.54 Å². The van der Waals surface area contributed by atoms with Crippen LogP contribution in [0.3, 0.4) is 0 Å². The van der Waals surface area contributed by atoms with Crippen LogP contribution in [0.4, 0.5) is 0 Å². The molecular weight excluding hydrogens is 263 g/mol. The molecule has 1 aromatic heterocycles. The number of halogens is 2. The van der Waals surface area contributed by atoms with Crippen molar-refractivity contribution >= 4 is 38.4 Å². The Bertz CT molecular complexity index is 464. The van der Waals surface area contributed by atoms with Gasteiger partial charge in [0, 0.05) is 29.0 Å². The van der Waals surface area contributed by atoms with Gasteiger partial charge in [-0.05, 0) is 40.2 Å². The van der Waals surface area contributed by atoms with E-state index in [9.17, 15) is 0 Å². The Kier molecular flexibility index (Phi) is 2.81. The lowest BCUT2D eigenvalue weighted by molar-refractivity contribution is 0.722. The largest absolute Gasteiger partial charge is 0.334 e. The molecule has 0 aliphatic heterocycles. The molecular formula is C10H10BrClN2. The molecule has 4 heteroatoms. The molecule has 0 saturated carbocycles. The third-order valence-corrected chi connectivity index (χ3v) is 3.06. The van der Waals surface area contributed by atoms with E-state index in [1.165, 1.54) is 0 Å². The van der Waals surface area contributed by atoms with E-state index < -0.39 is 0 Å². The van der Waals surface area contributed by atoms with E-state index in [1.807, 2.05) is 18.2 Å². The highest BCUT2D eigenvalue weighted by atomic mass is 79.9. The minimum absolute atomic E-state index is 0.630. The van der Waals surface area contributed by atoms with Crippen molar-refractivity contribution in [3.05, 3.63) is 33.9 Å². The van der Waals surface area contributed by atoms with Gasteiger partial charge in [-0.15, -0.1) is 0 Å². The first kappa shape index (κ1) is 10.0. The first-order valence-corrected chi connectivity index (χ1v) is 5.54. The van der Waals surface area contributed by atoms with Crippen molar-refractivity contribution in [2.45, 2.75) is 6.54 Å². The van der Waals surface area contributed by atoms with Gasteiger partial charge in [-0.3, -0.25) is 0 Å². The van der Waals surface area contributed by atoms with Gasteiger partial charge in [-0.25, -0.2) is 0 Å². The van der Waals surface area contributed by atoms with Gasteiger partial charge in [-0.1, -0.05) is 11.6 Å².